The number of amides is 3. The van der Waals surface area contributed by atoms with Crippen LogP contribution in [0.4, 0.5) is 0 Å². The smallest absolute Gasteiger partial charge is 0.226 e. The molecule has 0 spiro atoms. The van der Waals surface area contributed by atoms with E-state index in [9.17, 15) is 14.4 Å². The van der Waals surface area contributed by atoms with Gasteiger partial charge in [-0.2, -0.15) is 0 Å². The van der Waals surface area contributed by atoms with Crippen molar-refractivity contribution in [2.24, 2.45) is 5.92 Å². The van der Waals surface area contributed by atoms with Gasteiger partial charge in [0.15, 0.2) is 0 Å². The molecule has 0 radical (unpaired) electrons. The van der Waals surface area contributed by atoms with Crippen LogP contribution >= 0.6 is 15.9 Å². The number of halogens is 1. The quantitative estimate of drug-likeness (QED) is 0.743. The second-order valence-electron chi connectivity index (χ2n) is 5.92. The third-order valence-electron chi connectivity index (χ3n) is 3.98. The number of rotatable bonds is 6. The number of carbonyl (C=O) groups is 3. The monoisotopic (exact) mass is 380 g/mol. The van der Waals surface area contributed by atoms with E-state index in [1.165, 1.54) is 0 Å². The zero-order valence-corrected chi connectivity index (χ0v) is 14.7. The number of hydrogen-bond acceptors (Lipinski definition) is 3. The molecule has 2 N–H and O–H groups in total. The molecule has 6 heteroatoms. The summed E-state index contributed by atoms with van der Waals surface area (Å²) in [5, 5.41) is 5.28. The number of piperidine rings is 1. The summed E-state index contributed by atoms with van der Waals surface area (Å²) in [5.41, 5.74) is 1.15. The summed E-state index contributed by atoms with van der Waals surface area (Å²) in [6.45, 7) is 2.03. The Morgan fingerprint density at radius 3 is 2.57 bits per heavy atom. The van der Waals surface area contributed by atoms with Gasteiger partial charge in [0.1, 0.15) is 0 Å². The molecule has 1 saturated heterocycles. The highest BCUT2D eigenvalue weighted by molar-refractivity contribution is 9.10. The standard InChI is InChI=1S/C17H21BrN2O3/c1-2-13(10-12-5-3-4-6-14(12)18)19-15(21)7-11-8-16(22)20-17(23)9-11/h3-6,11,13H,2,7-10H2,1H3,(H,19,21)(H,20,22,23). The van der Waals surface area contributed by atoms with Gasteiger partial charge in [0.05, 0.1) is 0 Å². The first kappa shape index (κ1) is 17.7. The van der Waals surface area contributed by atoms with Crippen molar-refractivity contribution in [3.8, 4) is 0 Å². The van der Waals surface area contributed by atoms with E-state index in [1.807, 2.05) is 31.2 Å². The van der Waals surface area contributed by atoms with Crippen molar-refractivity contribution in [3.63, 3.8) is 0 Å². The maximum absolute atomic E-state index is 12.2. The van der Waals surface area contributed by atoms with Gasteiger partial charge >= 0.3 is 0 Å². The highest BCUT2D eigenvalue weighted by atomic mass is 79.9. The number of nitrogens with one attached hydrogen (secondary N) is 2. The molecule has 1 unspecified atom stereocenters. The molecule has 0 saturated carbocycles. The van der Waals surface area contributed by atoms with Crippen LogP contribution in [0.2, 0.25) is 0 Å². The number of carbonyl (C=O) groups excluding carboxylic acids is 3. The fraction of sp³-hybridized carbons (Fsp3) is 0.471. The Bertz CT molecular complexity index is 587. The van der Waals surface area contributed by atoms with E-state index < -0.39 is 0 Å². The first-order valence-corrected chi connectivity index (χ1v) is 8.62. The molecule has 1 heterocycles. The topological polar surface area (TPSA) is 75.3 Å². The van der Waals surface area contributed by atoms with E-state index in [1.54, 1.807) is 0 Å². The molecule has 1 aromatic carbocycles. The van der Waals surface area contributed by atoms with Gasteiger partial charge in [0.25, 0.3) is 0 Å². The van der Waals surface area contributed by atoms with Crippen LogP contribution < -0.4 is 10.6 Å². The Labute approximate surface area is 144 Å². The largest absolute Gasteiger partial charge is 0.353 e. The molecule has 3 amide bonds. The van der Waals surface area contributed by atoms with E-state index in [0.29, 0.717) is 0 Å². The van der Waals surface area contributed by atoms with Crippen LogP contribution in [0.5, 0.6) is 0 Å². The molecule has 1 aromatic rings. The Morgan fingerprint density at radius 1 is 1.30 bits per heavy atom. The molecule has 2 rings (SSSR count). The summed E-state index contributed by atoms with van der Waals surface area (Å²) in [4.78, 5) is 34.9. The van der Waals surface area contributed by atoms with Gasteiger partial charge in [-0.25, -0.2) is 0 Å². The van der Waals surface area contributed by atoms with E-state index in [4.69, 9.17) is 0 Å². The van der Waals surface area contributed by atoms with Crippen LogP contribution in [0.1, 0.15) is 38.2 Å². The number of benzene rings is 1. The minimum atomic E-state index is -0.292. The molecule has 5 nitrogen and oxygen atoms in total. The maximum atomic E-state index is 12.2. The molecule has 0 aromatic heterocycles. The van der Waals surface area contributed by atoms with Crippen molar-refractivity contribution in [1.82, 2.24) is 10.6 Å². The summed E-state index contributed by atoms with van der Waals surface area (Å²) < 4.78 is 1.03. The summed E-state index contributed by atoms with van der Waals surface area (Å²) in [6.07, 6.45) is 2.25. The number of imide groups is 1. The van der Waals surface area contributed by atoms with Crippen LogP contribution in [0, 0.1) is 5.92 Å². The Balaban J connectivity index is 1.88. The van der Waals surface area contributed by atoms with Gasteiger partial charge in [-0.05, 0) is 30.4 Å². The van der Waals surface area contributed by atoms with E-state index in [-0.39, 0.29) is 48.9 Å². The summed E-state index contributed by atoms with van der Waals surface area (Å²) in [6, 6.07) is 7.98. The second-order valence-corrected chi connectivity index (χ2v) is 6.77. The summed E-state index contributed by atoms with van der Waals surface area (Å²) in [7, 11) is 0. The molecular formula is C17H21BrN2O3. The highest BCUT2D eigenvalue weighted by Gasteiger charge is 2.27. The highest BCUT2D eigenvalue weighted by Crippen LogP contribution is 2.20. The van der Waals surface area contributed by atoms with Gasteiger partial charge in [-0.3, -0.25) is 19.7 Å². The Hall–Kier alpha value is -1.69. The molecule has 0 bridgehead atoms. The zero-order valence-electron chi connectivity index (χ0n) is 13.1. The van der Waals surface area contributed by atoms with E-state index in [0.717, 1.165) is 22.9 Å². The van der Waals surface area contributed by atoms with E-state index >= 15 is 0 Å². The fourth-order valence-corrected chi connectivity index (χ4v) is 3.22. The second kappa shape index (κ2) is 8.24. The third-order valence-corrected chi connectivity index (χ3v) is 4.76. The van der Waals surface area contributed by atoms with Crippen molar-refractivity contribution in [2.45, 2.75) is 45.1 Å². The molecule has 1 atom stereocenters. The lowest BCUT2D eigenvalue weighted by atomic mass is 9.93. The van der Waals surface area contributed by atoms with Crippen molar-refractivity contribution in [2.75, 3.05) is 0 Å². The SMILES string of the molecule is CCC(Cc1ccccc1Br)NC(=O)CC1CC(=O)NC(=O)C1. The van der Waals surface area contributed by atoms with Gasteiger partial charge < -0.3 is 5.32 Å². The van der Waals surface area contributed by atoms with Gasteiger partial charge in [-0.15, -0.1) is 0 Å². The van der Waals surface area contributed by atoms with Gasteiger partial charge in [0, 0.05) is 29.8 Å². The maximum Gasteiger partial charge on any atom is 0.226 e. The van der Waals surface area contributed by atoms with Crippen LogP contribution in [0.15, 0.2) is 28.7 Å². The fourth-order valence-electron chi connectivity index (χ4n) is 2.77. The van der Waals surface area contributed by atoms with E-state index in [2.05, 4.69) is 26.6 Å². The van der Waals surface area contributed by atoms with Crippen LogP contribution in [-0.4, -0.2) is 23.8 Å². The Morgan fingerprint density at radius 2 is 1.96 bits per heavy atom. The predicted molar refractivity (Wildman–Crippen MR) is 90.6 cm³/mol. The third kappa shape index (κ3) is 5.46. The minimum Gasteiger partial charge on any atom is -0.353 e. The van der Waals surface area contributed by atoms with Gasteiger partial charge in [-0.1, -0.05) is 41.1 Å². The van der Waals surface area contributed by atoms with Crippen molar-refractivity contribution in [1.29, 1.82) is 0 Å². The first-order chi connectivity index (χ1) is 11.0. The van der Waals surface area contributed by atoms with Gasteiger partial charge in [0.2, 0.25) is 17.7 Å². The zero-order chi connectivity index (χ0) is 16.8. The van der Waals surface area contributed by atoms with Crippen molar-refractivity contribution >= 4 is 33.7 Å². The lowest BCUT2D eigenvalue weighted by Gasteiger charge is -2.22. The lowest BCUT2D eigenvalue weighted by molar-refractivity contribution is -0.135. The normalized spacial score (nSPS) is 16.8. The lowest BCUT2D eigenvalue weighted by Crippen LogP contribution is -2.42. The summed E-state index contributed by atoms with van der Waals surface area (Å²) in [5.74, 6) is -0.882. The Kier molecular flexibility index (Phi) is 6.33. The number of hydrogen-bond donors (Lipinski definition) is 2. The van der Waals surface area contributed by atoms with Crippen molar-refractivity contribution in [3.05, 3.63) is 34.3 Å². The van der Waals surface area contributed by atoms with Crippen LogP contribution in [0.3, 0.4) is 0 Å². The predicted octanol–water partition coefficient (Wildman–Crippen LogP) is 2.33. The average molecular weight is 381 g/mol. The minimum absolute atomic E-state index is 0.0364. The van der Waals surface area contributed by atoms with Crippen LogP contribution in [-0.2, 0) is 20.8 Å². The summed E-state index contributed by atoms with van der Waals surface area (Å²) >= 11 is 3.52. The first-order valence-electron chi connectivity index (χ1n) is 7.83. The molecule has 1 aliphatic rings. The molecular weight excluding hydrogens is 360 g/mol. The average Bonchev–Trinajstić information content (AvgIpc) is 2.47. The molecule has 124 valence electrons. The molecule has 1 aliphatic heterocycles. The van der Waals surface area contributed by atoms with Crippen LogP contribution in [0.25, 0.3) is 0 Å². The molecule has 0 aliphatic carbocycles. The molecule has 1 fully saturated rings. The molecule has 23 heavy (non-hydrogen) atoms. The van der Waals surface area contributed by atoms with Crippen molar-refractivity contribution < 1.29 is 14.4 Å².